The summed E-state index contributed by atoms with van der Waals surface area (Å²) in [6.07, 6.45) is 2.76. The molecule has 1 aliphatic carbocycles. The van der Waals surface area contributed by atoms with Gasteiger partial charge in [-0.2, -0.15) is 0 Å². The molecule has 1 aromatic carbocycles. The van der Waals surface area contributed by atoms with Crippen LogP contribution in [0.1, 0.15) is 42.4 Å². The summed E-state index contributed by atoms with van der Waals surface area (Å²) in [6.45, 7) is 2.24. The normalized spacial score (nSPS) is 17.2. The van der Waals surface area contributed by atoms with Crippen LogP contribution < -0.4 is 10.9 Å². The van der Waals surface area contributed by atoms with Crippen LogP contribution in [0.3, 0.4) is 0 Å². The summed E-state index contributed by atoms with van der Waals surface area (Å²) in [4.78, 5) is 41.1. The molecule has 2 heterocycles. The SMILES string of the molecule is C[C@@H](OC(=O)c1ccc2c(=O)n3c(nc2c1)CCC3)C(=O)NC1CC1. The van der Waals surface area contributed by atoms with Crippen LogP contribution in [0.25, 0.3) is 10.9 Å². The molecule has 2 aliphatic rings. The minimum absolute atomic E-state index is 0.0744. The molecule has 0 saturated heterocycles. The van der Waals surface area contributed by atoms with Gasteiger partial charge in [-0.1, -0.05) is 0 Å². The van der Waals surface area contributed by atoms with Crippen LogP contribution >= 0.6 is 0 Å². The van der Waals surface area contributed by atoms with E-state index in [9.17, 15) is 14.4 Å². The molecule has 25 heavy (non-hydrogen) atoms. The Balaban J connectivity index is 1.56. The molecule has 0 bridgehead atoms. The Morgan fingerprint density at radius 3 is 2.92 bits per heavy atom. The molecule has 7 heteroatoms. The molecule has 0 radical (unpaired) electrons. The van der Waals surface area contributed by atoms with Crippen LogP contribution in [0, 0.1) is 0 Å². The third-order valence-electron chi connectivity index (χ3n) is 4.63. The van der Waals surface area contributed by atoms with Gasteiger partial charge >= 0.3 is 5.97 Å². The van der Waals surface area contributed by atoms with Crippen LogP contribution in [0.5, 0.6) is 0 Å². The summed E-state index contributed by atoms with van der Waals surface area (Å²) in [5, 5.41) is 3.29. The maximum absolute atomic E-state index is 12.4. The fourth-order valence-electron chi connectivity index (χ4n) is 3.04. The summed E-state index contributed by atoms with van der Waals surface area (Å²) in [6, 6.07) is 4.92. The Morgan fingerprint density at radius 1 is 1.36 bits per heavy atom. The molecular weight excluding hydrogens is 322 g/mol. The molecule has 1 amide bonds. The Bertz CT molecular complexity index is 930. The molecule has 130 valence electrons. The van der Waals surface area contributed by atoms with E-state index in [2.05, 4.69) is 10.3 Å². The van der Waals surface area contributed by atoms with Gasteiger partial charge < -0.3 is 10.1 Å². The fraction of sp³-hybridized carbons (Fsp3) is 0.444. The number of carbonyl (C=O) groups excluding carboxylic acids is 2. The molecule has 4 rings (SSSR count). The number of aryl methyl sites for hydroxylation is 1. The van der Waals surface area contributed by atoms with Gasteiger partial charge in [0.15, 0.2) is 6.10 Å². The highest BCUT2D eigenvalue weighted by molar-refractivity contribution is 5.95. The first-order chi connectivity index (χ1) is 12.0. The summed E-state index contributed by atoms with van der Waals surface area (Å²) in [5.74, 6) is -0.131. The maximum atomic E-state index is 12.4. The molecule has 7 nitrogen and oxygen atoms in total. The van der Waals surface area contributed by atoms with Gasteiger partial charge in [-0.3, -0.25) is 14.2 Å². The van der Waals surface area contributed by atoms with E-state index < -0.39 is 12.1 Å². The zero-order valence-electron chi connectivity index (χ0n) is 13.9. The fourth-order valence-corrected chi connectivity index (χ4v) is 3.04. The van der Waals surface area contributed by atoms with Gasteiger partial charge in [-0.05, 0) is 44.4 Å². The second kappa shape index (κ2) is 5.98. The topological polar surface area (TPSA) is 90.3 Å². The highest BCUT2D eigenvalue weighted by Crippen LogP contribution is 2.19. The van der Waals surface area contributed by atoms with Crippen molar-refractivity contribution in [3.63, 3.8) is 0 Å². The number of fused-ring (bicyclic) bond motifs is 2. The second-order valence-corrected chi connectivity index (χ2v) is 6.65. The summed E-state index contributed by atoms with van der Waals surface area (Å²) in [7, 11) is 0. The van der Waals surface area contributed by atoms with E-state index in [1.165, 1.54) is 0 Å². The smallest absolute Gasteiger partial charge is 0.338 e. The first-order valence-corrected chi connectivity index (χ1v) is 8.58. The van der Waals surface area contributed by atoms with E-state index >= 15 is 0 Å². The van der Waals surface area contributed by atoms with Gasteiger partial charge in [0, 0.05) is 19.0 Å². The number of nitrogens with zero attached hydrogens (tertiary/aromatic N) is 2. The van der Waals surface area contributed by atoms with Crippen molar-refractivity contribution in [3.05, 3.63) is 39.9 Å². The van der Waals surface area contributed by atoms with Crippen molar-refractivity contribution in [1.29, 1.82) is 0 Å². The standard InChI is InChI=1S/C18H19N3O4/c1-10(16(22)19-12-5-6-12)25-18(24)11-4-7-13-14(9-11)20-15-3-2-8-21(15)17(13)23/h4,7,9-10,12H,2-3,5-6,8H2,1H3,(H,19,22)/t10-/m1/s1. The first-order valence-electron chi connectivity index (χ1n) is 8.58. The Morgan fingerprint density at radius 2 is 2.16 bits per heavy atom. The van der Waals surface area contributed by atoms with Gasteiger partial charge in [0.1, 0.15) is 5.82 Å². The van der Waals surface area contributed by atoms with E-state index in [0.717, 1.165) is 31.5 Å². The third kappa shape index (κ3) is 3.01. The number of rotatable bonds is 4. The van der Waals surface area contributed by atoms with Crippen LogP contribution in [0.15, 0.2) is 23.0 Å². The highest BCUT2D eigenvalue weighted by Gasteiger charge is 2.27. The molecule has 1 N–H and O–H groups in total. The number of hydrogen-bond acceptors (Lipinski definition) is 5. The maximum Gasteiger partial charge on any atom is 0.338 e. The van der Waals surface area contributed by atoms with E-state index in [1.807, 2.05) is 0 Å². The number of nitrogens with one attached hydrogen (secondary N) is 1. The zero-order chi connectivity index (χ0) is 17.6. The van der Waals surface area contributed by atoms with Crippen LogP contribution in [-0.4, -0.2) is 33.6 Å². The minimum Gasteiger partial charge on any atom is -0.449 e. The largest absolute Gasteiger partial charge is 0.449 e. The Kier molecular flexibility index (Phi) is 3.78. The lowest BCUT2D eigenvalue weighted by Crippen LogP contribution is -2.37. The van der Waals surface area contributed by atoms with Gasteiger partial charge in [-0.25, -0.2) is 9.78 Å². The molecule has 2 aromatic rings. The lowest BCUT2D eigenvalue weighted by molar-refractivity contribution is -0.129. The van der Waals surface area contributed by atoms with Crippen LogP contribution in [0.4, 0.5) is 0 Å². The van der Waals surface area contributed by atoms with E-state index in [4.69, 9.17) is 4.74 Å². The molecule has 1 fully saturated rings. The summed E-state index contributed by atoms with van der Waals surface area (Å²) in [5.41, 5.74) is 0.700. The Labute approximate surface area is 144 Å². The second-order valence-electron chi connectivity index (χ2n) is 6.65. The van der Waals surface area contributed by atoms with Crippen molar-refractivity contribution in [3.8, 4) is 0 Å². The third-order valence-corrected chi connectivity index (χ3v) is 4.63. The van der Waals surface area contributed by atoms with Gasteiger partial charge in [-0.15, -0.1) is 0 Å². The lowest BCUT2D eigenvalue weighted by Gasteiger charge is -2.13. The van der Waals surface area contributed by atoms with Crippen molar-refractivity contribution in [2.45, 2.75) is 51.3 Å². The Hall–Kier alpha value is -2.70. The number of benzene rings is 1. The minimum atomic E-state index is -0.859. The zero-order valence-corrected chi connectivity index (χ0v) is 13.9. The number of hydrogen-bond donors (Lipinski definition) is 1. The molecule has 0 spiro atoms. The predicted octanol–water partition coefficient (Wildman–Crippen LogP) is 1.17. The molecule has 1 saturated carbocycles. The molecule has 1 aromatic heterocycles. The van der Waals surface area contributed by atoms with Crippen molar-refractivity contribution >= 4 is 22.8 Å². The lowest BCUT2D eigenvalue weighted by atomic mass is 10.1. The van der Waals surface area contributed by atoms with Crippen molar-refractivity contribution < 1.29 is 14.3 Å². The van der Waals surface area contributed by atoms with Gasteiger partial charge in [0.05, 0.1) is 16.5 Å². The summed E-state index contributed by atoms with van der Waals surface area (Å²) >= 11 is 0. The number of carbonyl (C=O) groups is 2. The van der Waals surface area contributed by atoms with E-state index in [-0.39, 0.29) is 23.1 Å². The first kappa shape index (κ1) is 15.8. The number of amides is 1. The molecule has 1 atom stereocenters. The monoisotopic (exact) mass is 341 g/mol. The number of esters is 1. The number of ether oxygens (including phenoxy) is 1. The quantitative estimate of drug-likeness (QED) is 0.843. The van der Waals surface area contributed by atoms with Crippen LogP contribution in [0.2, 0.25) is 0 Å². The highest BCUT2D eigenvalue weighted by atomic mass is 16.5. The van der Waals surface area contributed by atoms with Crippen molar-refractivity contribution in [2.24, 2.45) is 0 Å². The predicted molar refractivity (Wildman–Crippen MR) is 90.4 cm³/mol. The average Bonchev–Trinajstić information content (AvgIpc) is 3.28. The molecule has 1 aliphatic heterocycles. The average molecular weight is 341 g/mol. The van der Waals surface area contributed by atoms with Gasteiger partial charge in [0.2, 0.25) is 0 Å². The van der Waals surface area contributed by atoms with Crippen molar-refractivity contribution in [1.82, 2.24) is 14.9 Å². The molecular formula is C18H19N3O4. The van der Waals surface area contributed by atoms with Crippen molar-refractivity contribution in [2.75, 3.05) is 0 Å². The summed E-state index contributed by atoms with van der Waals surface area (Å²) < 4.78 is 6.92. The van der Waals surface area contributed by atoms with E-state index in [0.29, 0.717) is 17.4 Å². The van der Waals surface area contributed by atoms with Crippen LogP contribution in [-0.2, 0) is 22.5 Å². The van der Waals surface area contributed by atoms with E-state index in [1.54, 1.807) is 29.7 Å². The molecule has 0 unspecified atom stereocenters. The van der Waals surface area contributed by atoms with Gasteiger partial charge in [0.25, 0.3) is 11.5 Å². The number of aromatic nitrogens is 2.